The van der Waals surface area contributed by atoms with Crippen LogP contribution in [0.25, 0.3) is 0 Å². The fourth-order valence-electron chi connectivity index (χ4n) is 2.29. The Balaban J connectivity index is 2.32. The molecule has 0 unspecified atom stereocenters. The molecule has 5 nitrogen and oxygen atoms in total. The lowest BCUT2D eigenvalue weighted by Gasteiger charge is -2.31. The van der Waals surface area contributed by atoms with E-state index >= 15 is 0 Å². The highest BCUT2D eigenvalue weighted by Crippen LogP contribution is 2.25. The third kappa shape index (κ3) is 2.96. The number of benzene rings is 1. The molecule has 1 heterocycles. The predicted octanol–water partition coefficient (Wildman–Crippen LogP) is 1.72. The second kappa shape index (κ2) is 5.44. The van der Waals surface area contributed by atoms with E-state index in [9.17, 15) is 9.90 Å². The van der Waals surface area contributed by atoms with Gasteiger partial charge in [-0.25, -0.2) is 4.79 Å². The highest BCUT2D eigenvalue weighted by atomic mass is 32.1. The van der Waals surface area contributed by atoms with Crippen LogP contribution >= 0.6 is 12.2 Å². The Morgan fingerprint density at radius 2 is 2.21 bits per heavy atom. The Labute approximate surface area is 117 Å². The molecule has 102 valence electrons. The first-order valence-corrected chi connectivity index (χ1v) is 6.54. The van der Waals surface area contributed by atoms with Crippen LogP contribution in [-0.2, 0) is 0 Å². The number of rotatable bonds is 3. The van der Waals surface area contributed by atoms with Crippen molar-refractivity contribution in [2.45, 2.75) is 25.4 Å². The van der Waals surface area contributed by atoms with Crippen LogP contribution in [0, 0.1) is 0 Å². The average molecular weight is 279 g/mol. The third-order valence-electron chi connectivity index (χ3n) is 3.22. The van der Waals surface area contributed by atoms with Crippen LogP contribution in [0.1, 0.15) is 35.3 Å². The summed E-state index contributed by atoms with van der Waals surface area (Å²) >= 11 is 5.14. The molecule has 1 aromatic rings. The van der Waals surface area contributed by atoms with Crippen LogP contribution < -0.4 is 16.0 Å². The van der Waals surface area contributed by atoms with Gasteiger partial charge in [0.25, 0.3) is 0 Å². The van der Waals surface area contributed by atoms with Gasteiger partial charge < -0.3 is 21.1 Å². The summed E-state index contributed by atoms with van der Waals surface area (Å²) in [6.07, 6.45) is 0.859. The monoisotopic (exact) mass is 279 g/mol. The van der Waals surface area contributed by atoms with E-state index in [1.807, 2.05) is 6.07 Å². The average Bonchev–Trinajstić information content (AvgIpc) is 2.36. The molecule has 1 fully saturated rings. The molecule has 0 bridgehead atoms. The zero-order chi connectivity index (χ0) is 14.0. The van der Waals surface area contributed by atoms with Crippen molar-refractivity contribution in [2.75, 3.05) is 12.4 Å². The van der Waals surface area contributed by atoms with Crippen molar-refractivity contribution in [1.82, 2.24) is 10.6 Å². The standard InChI is InChI=1S/C13H17N3O2S/c1-7-5-11(16-13(19)15-7)8-3-4-10(14-2)9(6-8)12(17)18/h3-4,6-7,11,14H,5H2,1-2H3,(H,17,18)(H2,15,16,19)/t7-,11+/m0/s1. The Morgan fingerprint density at radius 3 is 2.79 bits per heavy atom. The summed E-state index contributed by atoms with van der Waals surface area (Å²) < 4.78 is 0. The second-order valence-corrected chi connectivity index (χ2v) is 5.08. The zero-order valence-electron chi connectivity index (χ0n) is 10.9. The predicted molar refractivity (Wildman–Crippen MR) is 78.6 cm³/mol. The van der Waals surface area contributed by atoms with E-state index in [0.29, 0.717) is 10.8 Å². The zero-order valence-corrected chi connectivity index (χ0v) is 11.7. The molecule has 6 heteroatoms. The minimum atomic E-state index is -0.934. The lowest BCUT2D eigenvalue weighted by molar-refractivity contribution is 0.0698. The summed E-state index contributed by atoms with van der Waals surface area (Å²) in [7, 11) is 1.71. The summed E-state index contributed by atoms with van der Waals surface area (Å²) in [4.78, 5) is 11.2. The van der Waals surface area contributed by atoms with Gasteiger partial charge in [0.15, 0.2) is 5.11 Å². The summed E-state index contributed by atoms with van der Waals surface area (Å²) in [5, 5.41) is 19.0. The first kappa shape index (κ1) is 13.6. The number of carbonyl (C=O) groups is 1. The van der Waals surface area contributed by atoms with E-state index in [-0.39, 0.29) is 17.6 Å². The Bertz CT molecular complexity index is 519. The number of carboxylic acids is 1. The Hall–Kier alpha value is -1.82. The van der Waals surface area contributed by atoms with Gasteiger partial charge in [-0.05, 0) is 43.3 Å². The maximum Gasteiger partial charge on any atom is 0.337 e. The van der Waals surface area contributed by atoms with Crippen LogP contribution in [-0.4, -0.2) is 29.3 Å². The van der Waals surface area contributed by atoms with Gasteiger partial charge in [0.1, 0.15) is 0 Å². The molecule has 0 aliphatic carbocycles. The summed E-state index contributed by atoms with van der Waals surface area (Å²) in [6, 6.07) is 5.74. The summed E-state index contributed by atoms with van der Waals surface area (Å²) in [6.45, 7) is 2.06. The molecule has 2 atom stereocenters. The van der Waals surface area contributed by atoms with Gasteiger partial charge in [-0.15, -0.1) is 0 Å². The van der Waals surface area contributed by atoms with Gasteiger partial charge in [0.05, 0.1) is 11.6 Å². The van der Waals surface area contributed by atoms with Gasteiger partial charge in [-0.2, -0.15) is 0 Å². The molecule has 2 rings (SSSR count). The molecule has 19 heavy (non-hydrogen) atoms. The van der Waals surface area contributed by atoms with Gasteiger partial charge in [0, 0.05) is 18.8 Å². The van der Waals surface area contributed by atoms with Crippen LogP contribution in [0.5, 0.6) is 0 Å². The smallest absolute Gasteiger partial charge is 0.337 e. The van der Waals surface area contributed by atoms with E-state index in [2.05, 4.69) is 22.9 Å². The van der Waals surface area contributed by atoms with Crippen molar-refractivity contribution in [1.29, 1.82) is 0 Å². The topological polar surface area (TPSA) is 73.4 Å². The maximum absolute atomic E-state index is 11.2. The molecule has 1 saturated heterocycles. The van der Waals surface area contributed by atoms with E-state index < -0.39 is 5.97 Å². The Morgan fingerprint density at radius 1 is 1.47 bits per heavy atom. The van der Waals surface area contributed by atoms with Gasteiger partial charge in [-0.1, -0.05) is 6.07 Å². The van der Waals surface area contributed by atoms with Crippen LogP contribution in [0.2, 0.25) is 0 Å². The molecule has 0 spiro atoms. The minimum absolute atomic E-state index is 0.0488. The van der Waals surface area contributed by atoms with Crippen LogP contribution in [0.3, 0.4) is 0 Å². The largest absolute Gasteiger partial charge is 0.478 e. The van der Waals surface area contributed by atoms with Crippen molar-refractivity contribution in [3.05, 3.63) is 29.3 Å². The van der Waals surface area contributed by atoms with Gasteiger partial charge in [-0.3, -0.25) is 0 Å². The van der Waals surface area contributed by atoms with Crippen molar-refractivity contribution in [3.8, 4) is 0 Å². The fourth-order valence-corrected chi connectivity index (χ4v) is 2.63. The van der Waals surface area contributed by atoms with E-state index in [1.165, 1.54) is 0 Å². The van der Waals surface area contributed by atoms with Crippen LogP contribution in [0.15, 0.2) is 18.2 Å². The molecular weight excluding hydrogens is 262 g/mol. The molecule has 1 aliphatic rings. The quantitative estimate of drug-likeness (QED) is 0.632. The van der Waals surface area contributed by atoms with E-state index in [4.69, 9.17) is 12.2 Å². The molecule has 0 radical (unpaired) electrons. The van der Waals surface area contributed by atoms with Gasteiger partial charge in [0.2, 0.25) is 0 Å². The fraction of sp³-hybridized carbons (Fsp3) is 0.385. The SMILES string of the molecule is CNc1ccc([C@H]2C[C@H](C)NC(=S)N2)cc1C(=O)O. The summed E-state index contributed by atoms with van der Waals surface area (Å²) in [5.74, 6) is -0.934. The summed E-state index contributed by atoms with van der Waals surface area (Å²) in [5.41, 5.74) is 1.83. The molecule has 4 N–H and O–H groups in total. The van der Waals surface area contributed by atoms with E-state index in [1.54, 1.807) is 19.2 Å². The van der Waals surface area contributed by atoms with E-state index in [0.717, 1.165) is 12.0 Å². The molecule has 0 saturated carbocycles. The lowest BCUT2D eigenvalue weighted by Crippen LogP contribution is -2.49. The molecule has 1 aliphatic heterocycles. The minimum Gasteiger partial charge on any atom is -0.478 e. The van der Waals surface area contributed by atoms with Crippen molar-refractivity contribution in [3.63, 3.8) is 0 Å². The number of hydrogen-bond donors (Lipinski definition) is 4. The highest BCUT2D eigenvalue weighted by Gasteiger charge is 2.23. The lowest BCUT2D eigenvalue weighted by atomic mass is 9.96. The Kier molecular flexibility index (Phi) is 3.90. The number of carboxylic acid groups (broad SMARTS) is 1. The third-order valence-corrected chi connectivity index (χ3v) is 3.45. The van der Waals surface area contributed by atoms with Crippen molar-refractivity contribution >= 4 is 29.0 Å². The highest BCUT2D eigenvalue weighted by molar-refractivity contribution is 7.80. The molecule has 0 amide bonds. The van der Waals surface area contributed by atoms with Crippen molar-refractivity contribution < 1.29 is 9.90 Å². The van der Waals surface area contributed by atoms with Gasteiger partial charge >= 0.3 is 5.97 Å². The molecular formula is C13H17N3O2S. The second-order valence-electron chi connectivity index (χ2n) is 4.67. The number of anilines is 1. The number of nitrogens with one attached hydrogen (secondary N) is 3. The first-order chi connectivity index (χ1) is 9.01. The number of hydrogen-bond acceptors (Lipinski definition) is 3. The number of thiocarbonyl (C=S) groups is 1. The normalized spacial score (nSPS) is 22.3. The molecule has 0 aromatic heterocycles. The van der Waals surface area contributed by atoms with Crippen molar-refractivity contribution in [2.24, 2.45) is 0 Å². The van der Waals surface area contributed by atoms with Crippen LogP contribution in [0.4, 0.5) is 5.69 Å². The number of aromatic carboxylic acids is 1. The first-order valence-electron chi connectivity index (χ1n) is 6.13. The molecule has 1 aromatic carbocycles. The maximum atomic E-state index is 11.2.